The summed E-state index contributed by atoms with van der Waals surface area (Å²) in [4.78, 5) is 2.37. The van der Waals surface area contributed by atoms with Gasteiger partial charge < -0.3 is 4.90 Å². The molecule has 0 N–H and O–H groups in total. The summed E-state index contributed by atoms with van der Waals surface area (Å²) in [5.74, 6) is 0.409. The van der Waals surface area contributed by atoms with E-state index in [1.807, 2.05) is 0 Å². The third kappa shape index (κ3) is 7.40. The Hall–Kier alpha value is -2.27. The lowest BCUT2D eigenvalue weighted by Crippen LogP contribution is -2.30. The Bertz CT molecular complexity index is 1250. The van der Waals surface area contributed by atoms with E-state index in [-0.39, 0.29) is 5.82 Å². The average Bonchev–Trinajstić information content (AvgIpc) is 3.70. The molecule has 0 radical (unpaired) electrons. The number of halogens is 2. The molecule has 5 heteroatoms. The molecule has 1 aliphatic carbocycles. The van der Waals surface area contributed by atoms with Crippen molar-refractivity contribution in [3.05, 3.63) is 111 Å². The lowest BCUT2D eigenvalue weighted by Gasteiger charge is -2.32. The van der Waals surface area contributed by atoms with Crippen LogP contribution < -0.4 is 4.90 Å². The van der Waals surface area contributed by atoms with Gasteiger partial charge in [-0.3, -0.25) is 0 Å². The normalized spacial score (nSPS) is 13.3. The zero-order valence-corrected chi connectivity index (χ0v) is 24.1. The highest BCUT2D eigenvalue weighted by molar-refractivity contribution is 7.96. The van der Waals surface area contributed by atoms with Gasteiger partial charge in [0, 0.05) is 36.0 Å². The molecule has 0 unspecified atom stereocenters. The van der Waals surface area contributed by atoms with Crippen molar-refractivity contribution in [2.24, 2.45) is 0 Å². The molecule has 0 spiro atoms. The first kappa shape index (κ1) is 27.8. The second kappa shape index (κ2) is 12.5. The molecule has 0 aliphatic heterocycles. The van der Waals surface area contributed by atoms with Gasteiger partial charge in [-0.1, -0.05) is 85.4 Å². The Labute approximate surface area is 231 Å². The van der Waals surface area contributed by atoms with E-state index in [2.05, 4.69) is 79.2 Å². The Morgan fingerprint density at radius 2 is 1.78 bits per heavy atom. The molecule has 3 aromatic rings. The minimum atomic E-state index is -0.314. The van der Waals surface area contributed by atoms with Crippen molar-refractivity contribution in [3.8, 4) is 0 Å². The van der Waals surface area contributed by atoms with Crippen molar-refractivity contribution >= 4 is 29.2 Å². The van der Waals surface area contributed by atoms with E-state index >= 15 is 0 Å². The third-order valence-electron chi connectivity index (χ3n) is 7.01. The van der Waals surface area contributed by atoms with Gasteiger partial charge in [0.15, 0.2) is 0 Å². The number of hydrogen-bond acceptors (Lipinski definition) is 3. The Balaban J connectivity index is 1.62. The van der Waals surface area contributed by atoms with Gasteiger partial charge in [0.25, 0.3) is 0 Å². The fourth-order valence-corrected chi connectivity index (χ4v) is 5.71. The van der Waals surface area contributed by atoms with Crippen LogP contribution in [0.15, 0.2) is 66.9 Å². The largest absolute Gasteiger partial charge is 0.340 e. The second-order valence-corrected chi connectivity index (χ2v) is 11.6. The molecule has 0 atom stereocenters. The molecule has 0 aromatic heterocycles. The highest BCUT2D eigenvalue weighted by Crippen LogP contribution is 2.41. The van der Waals surface area contributed by atoms with E-state index < -0.39 is 0 Å². The predicted octanol–water partition coefficient (Wildman–Crippen LogP) is 9.23. The number of rotatable bonds is 12. The summed E-state index contributed by atoms with van der Waals surface area (Å²) in [7, 11) is 0. The molecule has 1 aliphatic rings. The number of aryl methyl sites for hydroxylation is 3. The monoisotopic (exact) mass is 536 g/mol. The smallest absolute Gasteiger partial charge is 0.124 e. The van der Waals surface area contributed by atoms with Crippen LogP contribution in [-0.2, 0) is 19.5 Å². The summed E-state index contributed by atoms with van der Waals surface area (Å²) in [5, 5.41) is 0.455. The van der Waals surface area contributed by atoms with Crippen LogP contribution in [0.25, 0.3) is 0 Å². The standard InChI is InChI=1S/C32H38ClFN2S/c1-6-7-25-15-26(17-29(16-25)27-9-10-27)20-36(32-13-8-22(2)14-23(32)3)24(4)19-35(37-5)21-28-11-12-30(34)18-31(28)33/h8,11-18,27H,4,6-7,9-10,19-21H2,1-3,5H3. The van der Waals surface area contributed by atoms with Gasteiger partial charge in [-0.25, -0.2) is 8.70 Å². The molecule has 1 fully saturated rings. The topological polar surface area (TPSA) is 6.48 Å². The predicted molar refractivity (Wildman–Crippen MR) is 159 cm³/mol. The summed E-state index contributed by atoms with van der Waals surface area (Å²) < 4.78 is 15.8. The van der Waals surface area contributed by atoms with Gasteiger partial charge in [-0.05, 0) is 91.3 Å². The maximum atomic E-state index is 13.6. The molecule has 4 rings (SSSR count). The van der Waals surface area contributed by atoms with Crippen LogP contribution in [0.4, 0.5) is 10.1 Å². The molecule has 0 amide bonds. The van der Waals surface area contributed by atoms with E-state index in [1.165, 1.54) is 58.5 Å². The van der Waals surface area contributed by atoms with E-state index in [9.17, 15) is 4.39 Å². The van der Waals surface area contributed by atoms with Gasteiger partial charge >= 0.3 is 0 Å². The van der Waals surface area contributed by atoms with Crippen LogP contribution in [0.1, 0.15) is 65.5 Å². The fraction of sp³-hybridized carbons (Fsp3) is 0.375. The lowest BCUT2D eigenvalue weighted by atomic mass is 9.99. The van der Waals surface area contributed by atoms with E-state index in [4.69, 9.17) is 11.6 Å². The molecular formula is C32H38ClFN2S. The van der Waals surface area contributed by atoms with E-state index in [0.717, 1.165) is 36.6 Å². The summed E-state index contributed by atoms with van der Waals surface area (Å²) in [5.41, 5.74) is 9.87. The number of nitrogens with zero attached hydrogens (tertiary/aromatic N) is 2. The maximum absolute atomic E-state index is 13.6. The molecule has 196 valence electrons. The van der Waals surface area contributed by atoms with Crippen molar-refractivity contribution in [1.29, 1.82) is 0 Å². The molecule has 0 heterocycles. The highest BCUT2D eigenvalue weighted by Gasteiger charge is 2.25. The number of hydrogen-bond donors (Lipinski definition) is 0. The summed E-state index contributed by atoms with van der Waals surface area (Å²) in [6, 6.07) is 18.5. The van der Waals surface area contributed by atoms with Crippen molar-refractivity contribution < 1.29 is 4.39 Å². The van der Waals surface area contributed by atoms with Crippen molar-refractivity contribution in [2.75, 3.05) is 17.7 Å². The Kier molecular flexibility index (Phi) is 9.39. The quantitative estimate of drug-likeness (QED) is 0.213. The molecule has 3 aromatic carbocycles. The van der Waals surface area contributed by atoms with Crippen LogP contribution >= 0.6 is 23.5 Å². The third-order valence-corrected chi connectivity index (χ3v) is 8.13. The zero-order chi connectivity index (χ0) is 26.5. The van der Waals surface area contributed by atoms with Crippen LogP contribution in [0.2, 0.25) is 5.02 Å². The minimum absolute atomic E-state index is 0.314. The summed E-state index contributed by atoms with van der Waals surface area (Å²) >= 11 is 7.99. The SMILES string of the molecule is C=C(CN(Cc1ccc(F)cc1Cl)SC)N(Cc1cc(CCC)cc(C2CC2)c1)c1ccc(C)cc1C. The lowest BCUT2D eigenvalue weighted by molar-refractivity contribution is 0.498. The van der Waals surface area contributed by atoms with Crippen LogP contribution in [0, 0.1) is 19.7 Å². The van der Waals surface area contributed by atoms with E-state index in [0.29, 0.717) is 18.1 Å². The van der Waals surface area contributed by atoms with Crippen molar-refractivity contribution in [3.63, 3.8) is 0 Å². The average molecular weight is 537 g/mol. The minimum Gasteiger partial charge on any atom is -0.340 e. The molecule has 0 bridgehead atoms. The van der Waals surface area contributed by atoms with Gasteiger partial charge in [0.05, 0.1) is 0 Å². The first-order valence-electron chi connectivity index (χ1n) is 13.2. The zero-order valence-electron chi connectivity index (χ0n) is 22.5. The van der Waals surface area contributed by atoms with Crippen molar-refractivity contribution in [2.45, 2.75) is 65.5 Å². The Morgan fingerprint density at radius 3 is 2.43 bits per heavy atom. The van der Waals surface area contributed by atoms with Gasteiger partial charge in [-0.2, -0.15) is 0 Å². The first-order chi connectivity index (χ1) is 17.8. The van der Waals surface area contributed by atoms with Crippen LogP contribution in [-0.4, -0.2) is 17.1 Å². The van der Waals surface area contributed by atoms with Gasteiger partial charge in [0.1, 0.15) is 5.82 Å². The van der Waals surface area contributed by atoms with Gasteiger partial charge in [-0.15, -0.1) is 0 Å². The van der Waals surface area contributed by atoms with Gasteiger partial charge in [0.2, 0.25) is 0 Å². The number of benzene rings is 3. The highest BCUT2D eigenvalue weighted by atomic mass is 35.5. The van der Waals surface area contributed by atoms with Crippen LogP contribution in [0.3, 0.4) is 0 Å². The molecule has 0 saturated heterocycles. The first-order valence-corrected chi connectivity index (χ1v) is 14.7. The van der Waals surface area contributed by atoms with E-state index in [1.54, 1.807) is 18.0 Å². The Morgan fingerprint density at radius 1 is 1.03 bits per heavy atom. The molecular weight excluding hydrogens is 499 g/mol. The molecule has 2 nitrogen and oxygen atoms in total. The maximum Gasteiger partial charge on any atom is 0.124 e. The van der Waals surface area contributed by atoms with Crippen LogP contribution in [0.5, 0.6) is 0 Å². The van der Waals surface area contributed by atoms with Crippen molar-refractivity contribution in [1.82, 2.24) is 4.31 Å². The fourth-order valence-electron chi connectivity index (χ4n) is 4.94. The number of anilines is 1. The summed E-state index contributed by atoms with van der Waals surface area (Å²) in [6.45, 7) is 13.2. The second-order valence-electron chi connectivity index (χ2n) is 10.3. The summed E-state index contributed by atoms with van der Waals surface area (Å²) in [6.07, 6.45) is 6.92. The molecule has 37 heavy (non-hydrogen) atoms. The molecule has 1 saturated carbocycles.